The molecule has 1 aliphatic rings. The normalized spacial score (nSPS) is 14.0. The standard InChI is InChI=1S/C14H12ClN3O2S/c15-9-5-2-1-4-8(9)12(19)18-14-17-10-6-3-7-16-13(20)11(10)21-14/h1-2,4-5H,3,6-7H2,(H,16,20)(H,17,18,19). The molecule has 7 heteroatoms. The van der Waals surface area contributed by atoms with Gasteiger partial charge in [0.2, 0.25) is 0 Å². The maximum Gasteiger partial charge on any atom is 0.263 e. The summed E-state index contributed by atoms with van der Waals surface area (Å²) in [5.74, 6) is -0.455. The molecule has 2 amide bonds. The molecule has 1 aromatic heterocycles. The van der Waals surface area contributed by atoms with Crippen LogP contribution in [-0.4, -0.2) is 23.3 Å². The van der Waals surface area contributed by atoms with Gasteiger partial charge in [-0.3, -0.25) is 14.9 Å². The third-order valence-electron chi connectivity index (χ3n) is 3.12. The smallest absolute Gasteiger partial charge is 0.263 e. The Morgan fingerprint density at radius 1 is 1.38 bits per heavy atom. The number of anilines is 1. The highest BCUT2D eigenvalue weighted by Crippen LogP contribution is 2.26. The number of nitrogens with one attached hydrogen (secondary N) is 2. The molecule has 0 unspecified atom stereocenters. The van der Waals surface area contributed by atoms with Crippen molar-refractivity contribution in [2.45, 2.75) is 12.8 Å². The van der Waals surface area contributed by atoms with Gasteiger partial charge in [-0.05, 0) is 25.0 Å². The number of thiazole rings is 1. The fraction of sp³-hybridized carbons (Fsp3) is 0.214. The third kappa shape index (κ3) is 2.91. The van der Waals surface area contributed by atoms with Crippen LogP contribution in [-0.2, 0) is 6.42 Å². The fourth-order valence-electron chi connectivity index (χ4n) is 2.10. The average Bonchev–Trinajstić information content (AvgIpc) is 2.79. The number of aryl methyl sites for hydroxylation is 1. The third-order valence-corrected chi connectivity index (χ3v) is 4.46. The molecule has 0 aliphatic carbocycles. The van der Waals surface area contributed by atoms with Gasteiger partial charge in [-0.1, -0.05) is 35.1 Å². The van der Waals surface area contributed by atoms with E-state index in [0.29, 0.717) is 27.1 Å². The van der Waals surface area contributed by atoms with Crippen LogP contribution < -0.4 is 10.6 Å². The summed E-state index contributed by atoms with van der Waals surface area (Å²) in [5.41, 5.74) is 1.12. The molecule has 21 heavy (non-hydrogen) atoms. The largest absolute Gasteiger partial charge is 0.351 e. The number of fused-ring (bicyclic) bond motifs is 1. The van der Waals surface area contributed by atoms with Crippen molar-refractivity contribution in [3.63, 3.8) is 0 Å². The SMILES string of the molecule is O=C(Nc1nc2c(s1)C(=O)NCCC2)c1ccccc1Cl. The first-order valence-electron chi connectivity index (χ1n) is 6.49. The summed E-state index contributed by atoms with van der Waals surface area (Å²) in [7, 11) is 0. The van der Waals surface area contributed by atoms with E-state index in [4.69, 9.17) is 11.6 Å². The van der Waals surface area contributed by atoms with Crippen molar-refractivity contribution >= 4 is 39.9 Å². The number of halogens is 1. The molecule has 0 atom stereocenters. The van der Waals surface area contributed by atoms with E-state index in [9.17, 15) is 9.59 Å². The van der Waals surface area contributed by atoms with Gasteiger partial charge in [0.1, 0.15) is 4.88 Å². The van der Waals surface area contributed by atoms with Crippen LogP contribution in [0.15, 0.2) is 24.3 Å². The van der Waals surface area contributed by atoms with E-state index in [1.54, 1.807) is 24.3 Å². The second-order valence-electron chi connectivity index (χ2n) is 4.59. The summed E-state index contributed by atoms with van der Waals surface area (Å²) in [6, 6.07) is 6.80. The second-order valence-corrected chi connectivity index (χ2v) is 5.99. The lowest BCUT2D eigenvalue weighted by Crippen LogP contribution is -2.21. The Balaban J connectivity index is 1.83. The minimum atomic E-state index is -0.329. The summed E-state index contributed by atoms with van der Waals surface area (Å²) >= 11 is 7.18. The molecule has 3 rings (SSSR count). The Morgan fingerprint density at radius 3 is 3.00 bits per heavy atom. The van der Waals surface area contributed by atoms with Gasteiger partial charge in [-0.2, -0.15) is 0 Å². The summed E-state index contributed by atoms with van der Waals surface area (Å²) in [6.07, 6.45) is 1.58. The van der Waals surface area contributed by atoms with Gasteiger partial charge in [-0.15, -0.1) is 0 Å². The van der Waals surface area contributed by atoms with E-state index in [-0.39, 0.29) is 11.8 Å². The first kappa shape index (κ1) is 14.0. The maximum atomic E-state index is 12.2. The molecule has 5 nitrogen and oxygen atoms in total. The first-order chi connectivity index (χ1) is 10.1. The molecule has 0 spiro atoms. The lowest BCUT2D eigenvalue weighted by molar-refractivity contribution is 0.0958. The average molecular weight is 322 g/mol. The van der Waals surface area contributed by atoms with Crippen LogP contribution in [0.5, 0.6) is 0 Å². The van der Waals surface area contributed by atoms with Gasteiger partial charge in [0.05, 0.1) is 16.3 Å². The monoisotopic (exact) mass is 321 g/mol. The summed E-state index contributed by atoms with van der Waals surface area (Å²) in [4.78, 5) is 28.9. The highest BCUT2D eigenvalue weighted by atomic mass is 35.5. The number of amides is 2. The second kappa shape index (κ2) is 5.83. The number of aromatic nitrogens is 1. The summed E-state index contributed by atoms with van der Waals surface area (Å²) < 4.78 is 0. The number of hydrogen-bond acceptors (Lipinski definition) is 4. The highest BCUT2D eigenvalue weighted by Gasteiger charge is 2.21. The Bertz CT molecular complexity index is 714. The van der Waals surface area contributed by atoms with Gasteiger partial charge in [0.15, 0.2) is 5.13 Å². The molecule has 108 valence electrons. The van der Waals surface area contributed by atoms with Gasteiger partial charge in [0.25, 0.3) is 11.8 Å². The van der Waals surface area contributed by atoms with E-state index in [0.717, 1.165) is 18.5 Å². The van der Waals surface area contributed by atoms with Gasteiger partial charge < -0.3 is 5.32 Å². The van der Waals surface area contributed by atoms with Crippen molar-refractivity contribution < 1.29 is 9.59 Å². The predicted molar refractivity (Wildman–Crippen MR) is 82.2 cm³/mol. The molecule has 2 N–H and O–H groups in total. The van der Waals surface area contributed by atoms with Crippen LogP contribution in [0.25, 0.3) is 0 Å². The predicted octanol–water partition coefficient (Wildman–Crippen LogP) is 2.72. The number of hydrogen-bond donors (Lipinski definition) is 2. The molecule has 1 aliphatic heterocycles. The van der Waals surface area contributed by atoms with Crippen molar-refractivity contribution in [1.82, 2.24) is 10.3 Å². The molecular formula is C14H12ClN3O2S. The fourth-order valence-corrected chi connectivity index (χ4v) is 3.24. The van der Waals surface area contributed by atoms with Gasteiger partial charge in [-0.25, -0.2) is 4.98 Å². The molecule has 2 heterocycles. The zero-order chi connectivity index (χ0) is 14.8. The number of nitrogens with zero attached hydrogens (tertiary/aromatic N) is 1. The molecule has 1 aromatic carbocycles. The summed E-state index contributed by atoms with van der Waals surface area (Å²) in [6.45, 7) is 0.656. The lowest BCUT2D eigenvalue weighted by atomic mass is 10.2. The molecule has 0 radical (unpaired) electrons. The van der Waals surface area contributed by atoms with Crippen LogP contribution in [0.3, 0.4) is 0 Å². The van der Waals surface area contributed by atoms with E-state index < -0.39 is 0 Å². The number of carbonyl (C=O) groups is 2. The van der Waals surface area contributed by atoms with Gasteiger partial charge in [0, 0.05) is 6.54 Å². The minimum absolute atomic E-state index is 0.127. The van der Waals surface area contributed by atoms with Crippen LogP contribution >= 0.6 is 22.9 Å². The lowest BCUT2D eigenvalue weighted by Gasteiger charge is -2.03. The minimum Gasteiger partial charge on any atom is -0.351 e. The van der Waals surface area contributed by atoms with Crippen LogP contribution in [0.1, 0.15) is 32.1 Å². The Labute approximate surface area is 130 Å². The Hall–Kier alpha value is -1.92. The van der Waals surface area contributed by atoms with E-state index in [2.05, 4.69) is 15.6 Å². The van der Waals surface area contributed by atoms with E-state index in [1.807, 2.05) is 0 Å². The molecule has 2 aromatic rings. The molecule has 0 saturated heterocycles. The Kier molecular flexibility index (Phi) is 3.90. The molecule has 0 saturated carbocycles. The number of benzene rings is 1. The van der Waals surface area contributed by atoms with Crippen molar-refractivity contribution in [2.75, 3.05) is 11.9 Å². The van der Waals surface area contributed by atoms with Crippen molar-refractivity contribution in [3.8, 4) is 0 Å². The topological polar surface area (TPSA) is 71.1 Å². The van der Waals surface area contributed by atoms with E-state index in [1.165, 1.54) is 11.3 Å². The number of carbonyl (C=O) groups excluding carboxylic acids is 2. The van der Waals surface area contributed by atoms with Gasteiger partial charge >= 0.3 is 0 Å². The van der Waals surface area contributed by atoms with Crippen LogP contribution in [0, 0.1) is 0 Å². The molecule has 0 fully saturated rings. The number of rotatable bonds is 2. The summed E-state index contributed by atoms with van der Waals surface area (Å²) in [5, 5.41) is 6.31. The van der Waals surface area contributed by atoms with Crippen molar-refractivity contribution in [2.24, 2.45) is 0 Å². The zero-order valence-electron chi connectivity index (χ0n) is 11.0. The van der Waals surface area contributed by atoms with Crippen LogP contribution in [0.4, 0.5) is 5.13 Å². The quantitative estimate of drug-likeness (QED) is 0.893. The molecule has 0 bridgehead atoms. The van der Waals surface area contributed by atoms with Crippen LogP contribution in [0.2, 0.25) is 5.02 Å². The maximum absolute atomic E-state index is 12.2. The van der Waals surface area contributed by atoms with E-state index >= 15 is 0 Å². The Morgan fingerprint density at radius 2 is 2.19 bits per heavy atom. The molecular weight excluding hydrogens is 310 g/mol. The zero-order valence-corrected chi connectivity index (χ0v) is 12.6. The first-order valence-corrected chi connectivity index (χ1v) is 7.68. The van der Waals surface area contributed by atoms with Crippen molar-refractivity contribution in [3.05, 3.63) is 45.4 Å². The highest BCUT2D eigenvalue weighted by molar-refractivity contribution is 7.17. The van der Waals surface area contributed by atoms with Crippen molar-refractivity contribution in [1.29, 1.82) is 0 Å².